The molecule has 2 heterocycles. The molecule has 0 saturated heterocycles. The summed E-state index contributed by atoms with van der Waals surface area (Å²) in [5, 5.41) is 1.06. The number of pyridine rings is 1. The Balaban J connectivity index is 1.35. The van der Waals surface area contributed by atoms with E-state index in [1.54, 1.807) is 11.8 Å². The van der Waals surface area contributed by atoms with E-state index < -0.39 is 0 Å². The number of hydrogen-bond acceptors (Lipinski definition) is 4. The summed E-state index contributed by atoms with van der Waals surface area (Å²) in [4.78, 5) is 8.82. The topological polar surface area (TPSA) is 39.9 Å². The molecule has 0 aliphatic heterocycles. The highest BCUT2D eigenvalue weighted by atomic mass is 32.2. The number of benzene rings is 2. The average molecular weight is 390 g/mol. The number of nitrogens with zero attached hydrogens (tertiary/aromatic N) is 3. The van der Waals surface area contributed by atoms with Crippen molar-refractivity contribution in [3.8, 4) is 5.75 Å². The molecule has 0 saturated carbocycles. The lowest BCUT2D eigenvalue weighted by Gasteiger charge is -2.13. The van der Waals surface area contributed by atoms with E-state index >= 15 is 0 Å². The van der Waals surface area contributed by atoms with Gasteiger partial charge in [-0.05, 0) is 54.8 Å². The molecule has 2 aromatic carbocycles. The van der Waals surface area contributed by atoms with E-state index in [-0.39, 0.29) is 0 Å². The Morgan fingerprint density at radius 3 is 2.75 bits per heavy atom. The molecule has 0 aliphatic rings. The minimum absolute atomic E-state index is 0.706. The molecule has 2 aromatic heterocycles. The van der Waals surface area contributed by atoms with Crippen molar-refractivity contribution in [2.75, 3.05) is 12.4 Å². The number of fused-ring (bicyclic) bond motifs is 1. The molecule has 0 radical (unpaired) electrons. The normalized spacial score (nSPS) is 11.0. The van der Waals surface area contributed by atoms with Gasteiger partial charge in [-0.25, -0.2) is 9.97 Å². The van der Waals surface area contributed by atoms with Gasteiger partial charge >= 0.3 is 0 Å². The van der Waals surface area contributed by atoms with Crippen LogP contribution in [-0.4, -0.2) is 26.9 Å². The van der Waals surface area contributed by atoms with Crippen LogP contribution in [0.4, 0.5) is 0 Å². The van der Waals surface area contributed by atoms with Crippen LogP contribution in [0.2, 0.25) is 0 Å². The maximum absolute atomic E-state index is 6.06. The van der Waals surface area contributed by atoms with Crippen LogP contribution in [0.15, 0.2) is 78.2 Å². The van der Waals surface area contributed by atoms with Gasteiger partial charge in [-0.1, -0.05) is 30.3 Å². The predicted octanol–water partition coefficient (Wildman–Crippen LogP) is 5.35. The number of hydrogen-bond donors (Lipinski definition) is 0. The highest BCUT2D eigenvalue weighted by Crippen LogP contribution is 2.24. The number of aromatic nitrogens is 3. The van der Waals surface area contributed by atoms with Gasteiger partial charge in [0.2, 0.25) is 0 Å². The second-order valence-corrected chi connectivity index (χ2v) is 7.74. The number of rotatable bonds is 8. The minimum atomic E-state index is 0.706. The van der Waals surface area contributed by atoms with E-state index in [4.69, 9.17) is 4.74 Å². The number of imidazole rings is 1. The summed E-state index contributed by atoms with van der Waals surface area (Å²) in [6.45, 7) is 3.63. The molecule has 0 N–H and O–H groups in total. The van der Waals surface area contributed by atoms with E-state index in [2.05, 4.69) is 51.8 Å². The van der Waals surface area contributed by atoms with Crippen LogP contribution in [0.5, 0.6) is 5.75 Å². The maximum Gasteiger partial charge on any atom is 0.122 e. The van der Waals surface area contributed by atoms with Gasteiger partial charge in [0, 0.05) is 18.5 Å². The van der Waals surface area contributed by atoms with E-state index in [9.17, 15) is 0 Å². The third-order valence-corrected chi connectivity index (χ3v) is 5.73. The summed E-state index contributed by atoms with van der Waals surface area (Å²) in [5.41, 5.74) is 4.62. The first kappa shape index (κ1) is 18.6. The Kier molecular flexibility index (Phi) is 5.92. The third kappa shape index (κ3) is 4.37. The second-order valence-electron chi connectivity index (χ2n) is 6.62. The minimum Gasteiger partial charge on any atom is -0.493 e. The van der Waals surface area contributed by atoms with Crippen LogP contribution in [0.25, 0.3) is 11.0 Å². The van der Waals surface area contributed by atoms with E-state index in [1.807, 2.05) is 42.9 Å². The van der Waals surface area contributed by atoms with Crippen molar-refractivity contribution in [1.82, 2.24) is 14.5 Å². The molecule has 0 fully saturated rings. The van der Waals surface area contributed by atoms with Crippen molar-refractivity contribution in [1.29, 1.82) is 0 Å². The second kappa shape index (κ2) is 8.93. The van der Waals surface area contributed by atoms with Crippen LogP contribution in [0.1, 0.15) is 17.5 Å². The molecule has 4 aromatic rings. The van der Waals surface area contributed by atoms with Crippen molar-refractivity contribution in [3.05, 3.63) is 84.3 Å². The molecule has 28 heavy (non-hydrogen) atoms. The molecule has 0 amide bonds. The molecule has 0 atom stereocenters. The van der Waals surface area contributed by atoms with Crippen LogP contribution in [0.3, 0.4) is 0 Å². The number of thioether (sulfide) groups is 1. The van der Waals surface area contributed by atoms with Crippen LogP contribution < -0.4 is 4.74 Å². The van der Waals surface area contributed by atoms with Crippen LogP contribution in [-0.2, 0) is 6.54 Å². The standard InChI is InChI=1S/C23H23N3OS/c1-18-19(16-26-17-25-20-9-2-3-10-21(20)26)8-6-11-22(18)27-14-7-15-28-23-12-4-5-13-24-23/h2-6,8-13,17H,7,14-16H2,1H3. The maximum atomic E-state index is 6.06. The monoisotopic (exact) mass is 389 g/mol. The first-order chi connectivity index (χ1) is 13.8. The quantitative estimate of drug-likeness (QED) is 0.301. The first-order valence-electron chi connectivity index (χ1n) is 9.46. The Morgan fingerprint density at radius 2 is 1.86 bits per heavy atom. The molecule has 5 heteroatoms. The van der Waals surface area contributed by atoms with Gasteiger partial charge in [0.05, 0.1) is 29.0 Å². The van der Waals surface area contributed by atoms with Crippen molar-refractivity contribution in [3.63, 3.8) is 0 Å². The van der Waals surface area contributed by atoms with Crippen molar-refractivity contribution < 1.29 is 4.74 Å². The summed E-state index contributed by atoms with van der Waals surface area (Å²) in [6, 6.07) is 20.5. The van der Waals surface area contributed by atoms with E-state index in [0.29, 0.717) is 6.61 Å². The van der Waals surface area contributed by atoms with Crippen molar-refractivity contribution in [2.45, 2.75) is 24.9 Å². The molecule has 142 valence electrons. The third-order valence-electron chi connectivity index (χ3n) is 4.70. The summed E-state index contributed by atoms with van der Waals surface area (Å²) < 4.78 is 8.25. The largest absolute Gasteiger partial charge is 0.493 e. The SMILES string of the molecule is Cc1c(Cn2cnc3ccccc32)cccc1OCCCSc1ccccn1. The lowest BCUT2D eigenvalue weighted by molar-refractivity contribution is 0.316. The Hall–Kier alpha value is -2.79. The van der Waals surface area contributed by atoms with Gasteiger partial charge in [0.25, 0.3) is 0 Å². The van der Waals surface area contributed by atoms with Gasteiger partial charge in [0.15, 0.2) is 0 Å². The number of ether oxygens (including phenoxy) is 1. The Morgan fingerprint density at radius 1 is 0.964 bits per heavy atom. The molecule has 4 nitrogen and oxygen atoms in total. The zero-order valence-corrected chi connectivity index (χ0v) is 16.7. The van der Waals surface area contributed by atoms with E-state index in [1.165, 1.54) is 11.1 Å². The fraction of sp³-hybridized carbons (Fsp3) is 0.217. The molecule has 0 spiro atoms. The highest BCUT2D eigenvalue weighted by Gasteiger charge is 2.08. The molecule has 0 unspecified atom stereocenters. The van der Waals surface area contributed by atoms with Crippen LogP contribution in [0, 0.1) is 6.92 Å². The van der Waals surface area contributed by atoms with Crippen LogP contribution >= 0.6 is 11.8 Å². The highest BCUT2D eigenvalue weighted by molar-refractivity contribution is 7.99. The molecular weight excluding hydrogens is 366 g/mol. The van der Waals surface area contributed by atoms with Gasteiger partial charge in [-0.15, -0.1) is 11.8 Å². The summed E-state index contributed by atoms with van der Waals surface area (Å²) in [6.07, 6.45) is 4.72. The van der Waals surface area contributed by atoms with Crippen molar-refractivity contribution >= 4 is 22.8 Å². The van der Waals surface area contributed by atoms with Gasteiger partial charge in [0.1, 0.15) is 5.75 Å². The lowest BCUT2D eigenvalue weighted by atomic mass is 10.1. The smallest absolute Gasteiger partial charge is 0.122 e. The summed E-state index contributed by atoms with van der Waals surface area (Å²) >= 11 is 1.77. The molecule has 0 bridgehead atoms. The van der Waals surface area contributed by atoms with Crippen molar-refractivity contribution in [2.24, 2.45) is 0 Å². The fourth-order valence-electron chi connectivity index (χ4n) is 3.16. The Bertz CT molecular complexity index is 1050. The van der Waals surface area contributed by atoms with Gasteiger partial charge in [-0.2, -0.15) is 0 Å². The van der Waals surface area contributed by atoms with E-state index in [0.717, 1.165) is 40.5 Å². The first-order valence-corrected chi connectivity index (χ1v) is 10.4. The lowest BCUT2D eigenvalue weighted by Crippen LogP contribution is -2.04. The fourth-order valence-corrected chi connectivity index (χ4v) is 3.94. The van der Waals surface area contributed by atoms with Gasteiger partial charge < -0.3 is 9.30 Å². The molecule has 4 rings (SSSR count). The zero-order chi connectivity index (χ0) is 19.2. The molecule has 0 aliphatic carbocycles. The summed E-state index contributed by atoms with van der Waals surface area (Å²) in [7, 11) is 0. The summed E-state index contributed by atoms with van der Waals surface area (Å²) in [5.74, 6) is 1.96. The Labute approximate surface area is 169 Å². The average Bonchev–Trinajstić information content (AvgIpc) is 3.14. The zero-order valence-electron chi connectivity index (χ0n) is 15.9. The van der Waals surface area contributed by atoms with Gasteiger partial charge in [-0.3, -0.25) is 0 Å². The predicted molar refractivity (Wildman–Crippen MR) is 115 cm³/mol. The number of para-hydroxylation sites is 2. The molecular formula is C23H23N3OS.